The first-order chi connectivity index (χ1) is 17.6. The average molecular weight is 511 g/mol. The van der Waals surface area contributed by atoms with Crippen LogP contribution in [-0.4, -0.2) is 33.5 Å². The van der Waals surface area contributed by atoms with E-state index in [0.717, 1.165) is 50.5 Å². The number of benzene rings is 1. The number of aliphatic hydroxyl groups is 2. The molecule has 0 saturated heterocycles. The predicted molar refractivity (Wildman–Crippen MR) is 147 cm³/mol. The molecule has 3 unspecified atom stereocenters. The second-order valence-electron chi connectivity index (χ2n) is 14.0. The molecule has 4 nitrogen and oxygen atoms in total. The van der Waals surface area contributed by atoms with Crippen molar-refractivity contribution in [2.45, 2.75) is 111 Å². The largest absolute Gasteiger partial charge is 0.478 e. The van der Waals surface area contributed by atoms with Crippen molar-refractivity contribution in [1.29, 1.82) is 0 Å². The summed E-state index contributed by atoms with van der Waals surface area (Å²) in [7, 11) is 0. The Morgan fingerprint density at radius 3 is 2.43 bits per heavy atom. The zero-order valence-electron chi connectivity index (χ0n) is 23.5. The van der Waals surface area contributed by atoms with E-state index in [1.165, 1.54) is 25.7 Å². The summed E-state index contributed by atoms with van der Waals surface area (Å²) in [5.74, 6) is 2.81. The zero-order valence-corrected chi connectivity index (χ0v) is 23.5. The van der Waals surface area contributed by atoms with E-state index < -0.39 is 5.97 Å². The highest BCUT2D eigenvalue weighted by atomic mass is 16.4. The molecule has 11 atom stereocenters. The summed E-state index contributed by atoms with van der Waals surface area (Å²) < 4.78 is 0. The third-order valence-corrected chi connectivity index (χ3v) is 12.5. The van der Waals surface area contributed by atoms with Gasteiger partial charge in [-0.2, -0.15) is 0 Å². The number of aromatic carboxylic acids is 1. The average Bonchev–Trinajstić information content (AvgIpc) is 3.22. The van der Waals surface area contributed by atoms with E-state index in [1.807, 2.05) is 18.2 Å². The maximum absolute atomic E-state index is 11.9. The number of hydrogen-bond donors (Lipinski definition) is 3. The van der Waals surface area contributed by atoms with Crippen LogP contribution in [-0.2, 0) is 6.42 Å². The fraction of sp³-hybridized carbons (Fsp3) is 0.788. The summed E-state index contributed by atoms with van der Waals surface area (Å²) in [4.78, 5) is 11.6. The molecule has 0 bridgehead atoms. The fourth-order valence-corrected chi connectivity index (χ4v) is 10.7. The summed E-state index contributed by atoms with van der Waals surface area (Å²) in [5.41, 5.74) is 1.94. The summed E-state index contributed by atoms with van der Waals surface area (Å²) >= 11 is 0. The number of aryl methyl sites for hydroxylation is 1. The standard InChI is InChI=1S/C33H50O4/c1-5-23-28-19-22(34)15-17-33(28,4)27-16-18-32(3)25(13-14-26(32)29(27)30(23)35)20(2)9-8-11-21-10-6-7-12-24(21)31(36)37/h6-7,10,12,20,22-23,25-30,34-35H,5,8-9,11,13-19H2,1-4H3,(H,36,37)/t20-,22-,23-,25-,26+,27+,28?,29?,30-,32-,33?/m1/s1. The van der Waals surface area contributed by atoms with Crippen LogP contribution in [0.4, 0.5) is 0 Å². The molecule has 0 heterocycles. The van der Waals surface area contributed by atoms with Crippen LogP contribution in [0.15, 0.2) is 24.3 Å². The van der Waals surface area contributed by atoms with Gasteiger partial charge in [-0.25, -0.2) is 4.79 Å². The molecule has 0 radical (unpaired) electrons. The van der Waals surface area contributed by atoms with Gasteiger partial charge >= 0.3 is 5.97 Å². The van der Waals surface area contributed by atoms with Crippen molar-refractivity contribution >= 4 is 5.97 Å². The topological polar surface area (TPSA) is 77.8 Å². The zero-order chi connectivity index (χ0) is 26.5. The minimum Gasteiger partial charge on any atom is -0.478 e. The molecule has 1 aromatic carbocycles. The lowest BCUT2D eigenvalue weighted by Crippen LogP contribution is -2.62. The quantitative estimate of drug-likeness (QED) is 0.370. The Labute approximate surface area is 224 Å². The van der Waals surface area contributed by atoms with Crippen molar-refractivity contribution in [1.82, 2.24) is 0 Å². The van der Waals surface area contributed by atoms with Crippen molar-refractivity contribution < 1.29 is 20.1 Å². The molecular formula is C33H50O4. The highest BCUT2D eigenvalue weighted by molar-refractivity contribution is 5.89. The molecule has 37 heavy (non-hydrogen) atoms. The third kappa shape index (κ3) is 4.48. The molecule has 4 saturated carbocycles. The number of rotatable bonds is 7. The lowest BCUT2D eigenvalue weighted by molar-refractivity contribution is -0.203. The third-order valence-electron chi connectivity index (χ3n) is 12.5. The maximum atomic E-state index is 11.9. The van der Waals surface area contributed by atoms with Gasteiger partial charge in [-0.15, -0.1) is 0 Å². The predicted octanol–water partition coefficient (Wildman–Crippen LogP) is 6.97. The maximum Gasteiger partial charge on any atom is 0.335 e. The SMILES string of the molecule is CC[C@@H]1C2C[C@H](O)CCC2(C)[C@H]2CC[C@]3(C)[C@@H]([C@H](C)CCCc4ccccc4C(=O)O)CC[C@H]3C2[C@@H]1O. The van der Waals surface area contributed by atoms with Crippen LogP contribution in [0.3, 0.4) is 0 Å². The highest BCUT2D eigenvalue weighted by Gasteiger charge is 2.64. The number of carbonyl (C=O) groups is 1. The van der Waals surface area contributed by atoms with Gasteiger partial charge in [-0.3, -0.25) is 0 Å². The van der Waals surface area contributed by atoms with E-state index in [2.05, 4.69) is 27.7 Å². The number of hydrogen-bond acceptors (Lipinski definition) is 3. The Morgan fingerprint density at radius 2 is 1.70 bits per heavy atom. The number of carboxylic acid groups (broad SMARTS) is 1. The molecular weight excluding hydrogens is 460 g/mol. The smallest absolute Gasteiger partial charge is 0.335 e. The van der Waals surface area contributed by atoms with Crippen LogP contribution in [0, 0.1) is 52.3 Å². The van der Waals surface area contributed by atoms with Crippen LogP contribution >= 0.6 is 0 Å². The van der Waals surface area contributed by atoms with Gasteiger partial charge in [0, 0.05) is 0 Å². The van der Waals surface area contributed by atoms with E-state index in [4.69, 9.17) is 0 Å². The molecule has 3 N–H and O–H groups in total. The second kappa shape index (κ2) is 10.3. The molecule has 4 aliphatic rings. The molecule has 4 aliphatic carbocycles. The number of aliphatic hydroxyl groups excluding tert-OH is 2. The summed E-state index contributed by atoms with van der Waals surface area (Å²) in [6, 6.07) is 7.45. The minimum absolute atomic E-state index is 0.191. The Hall–Kier alpha value is -1.39. The first-order valence-electron chi connectivity index (χ1n) is 15.3. The lowest BCUT2D eigenvalue weighted by Gasteiger charge is -2.64. The van der Waals surface area contributed by atoms with E-state index in [-0.39, 0.29) is 23.0 Å². The van der Waals surface area contributed by atoms with Crippen molar-refractivity contribution in [3.05, 3.63) is 35.4 Å². The summed E-state index contributed by atoms with van der Waals surface area (Å²) in [5, 5.41) is 32.0. The Morgan fingerprint density at radius 1 is 1.00 bits per heavy atom. The highest BCUT2D eigenvalue weighted by Crippen LogP contribution is 2.69. The number of carboxylic acids is 1. The Bertz CT molecular complexity index is 975. The van der Waals surface area contributed by atoms with E-state index in [9.17, 15) is 20.1 Å². The molecule has 0 aromatic heterocycles. The van der Waals surface area contributed by atoms with Gasteiger partial charge in [0.2, 0.25) is 0 Å². The van der Waals surface area contributed by atoms with E-state index in [0.29, 0.717) is 47.0 Å². The summed E-state index contributed by atoms with van der Waals surface area (Å²) in [6.07, 6.45) is 11.5. The van der Waals surface area contributed by atoms with Crippen LogP contribution in [0.1, 0.15) is 108 Å². The van der Waals surface area contributed by atoms with E-state index >= 15 is 0 Å². The van der Waals surface area contributed by atoms with Crippen molar-refractivity contribution in [2.24, 2.45) is 52.3 Å². The fourth-order valence-electron chi connectivity index (χ4n) is 10.7. The van der Waals surface area contributed by atoms with Gasteiger partial charge in [-0.05, 0) is 122 Å². The Balaban J connectivity index is 1.30. The normalized spacial score (nSPS) is 43.9. The lowest BCUT2D eigenvalue weighted by atomic mass is 9.41. The first-order valence-corrected chi connectivity index (χ1v) is 15.3. The minimum atomic E-state index is -0.827. The molecule has 206 valence electrons. The van der Waals surface area contributed by atoms with Crippen LogP contribution in [0.5, 0.6) is 0 Å². The molecule has 5 rings (SSSR count). The molecule has 0 amide bonds. The van der Waals surface area contributed by atoms with Gasteiger partial charge in [0.25, 0.3) is 0 Å². The van der Waals surface area contributed by atoms with Crippen molar-refractivity contribution in [3.8, 4) is 0 Å². The Kier molecular flexibility index (Phi) is 7.57. The molecule has 4 fully saturated rings. The monoisotopic (exact) mass is 510 g/mol. The van der Waals surface area contributed by atoms with Gasteiger partial charge in [0.15, 0.2) is 0 Å². The molecule has 1 aromatic rings. The van der Waals surface area contributed by atoms with Gasteiger partial charge in [-0.1, -0.05) is 58.7 Å². The van der Waals surface area contributed by atoms with E-state index in [1.54, 1.807) is 6.07 Å². The summed E-state index contributed by atoms with van der Waals surface area (Å²) in [6.45, 7) is 9.75. The first kappa shape index (κ1) is 27.2. The molecule has 0 spiro atoms. The van der Waals surface area contributed by atoms with Gasteiger partial charge in [0.1, 0.15) is 0 Å². The number of fused-ring (bicyclic) bond motifs is 5. The molecule has 0 aliphatic heterocycles. The van der Waals surface area contributed by atoms with Crippen molar-refractivity contribution in [2.75, 3.05) is 0 Å². The van der Waals surface area contributed by atoms with Crippen LogP contribution in [0.25, 0.3) is 0 Å². The van der Waals surface area contributed by atoms with Gasteiger partial charge in [0.05, 0.1) is 17.8 Å². The molecule has 4 heteroatoms. The van der Waals surface area contributed by atoms with Crippen LogP contribution < -0.4 is 0 Å². The van der Waals surface area contributed by atoms with Gasteiger partial charge < -0.3 is 15.3 Å². The van der Waals surface area contributed by atoms with Crippen molar-refractivity contribution in [3.63, 3.8) is 0 Å². The second-order valence-corrected chi connectivity index (χ2v) is 14.0. The van der Waals surface area contributed by atoms with Crippen LogP contribution in [0.2, 0.25) is 0 Å².